The van der Waals surface area contributed by atoms with Crippen molar-refractivity contribution >= 4 is 17.3 Å². The zero-order valence-electron chi connectivity index (χ0n) is 19.8. The number of amides is 1. The summed E-state index contributed by atoms with van der Waals surface area (Å²) in [6, 6.07) is 17.7. The number of hydrogen-bond acceptors (Lipinski definition) is 3. The van der Waals surface area contributed by atoms with E-state index in [9.17, 15) is 9.59 Å². The van der Waals surface area contributed by atoms with Crippen LogP contribution in [0, 0.1) is 0 Å². The van der Waals surface area contributed by atoms with Crippen molar-refractivity contribution in [2.45, 2.75) is 46.6 Å². The Labute approximate surface area is 192 Å². The summed E-state index contributed by atoms with van der Waals surface area (Å²) < 4.78 is 0. The molecule has 0 saturated heterocycles. The quantitative estimate of drug-likeness (QED) is 0.502. The second-order valence-corrected chi connectivity index (χ2v) is 8.12. The molecular formula is C28H34N2O2. The van der Waals surface area contributed by atoms with Crippen LogP contribution in [0.5, 0.6) is 0 Å². The Morgan fingerprint density at radius 3 is 2.25 bits per heavy atom. The highest BCUT2D eigenvalue weighted by atomic mass is 16.1. The molecule has 2 aromatic rings. The summed E-state index contributed by atoms with van der Waals surface area (Å²) in [4.78, 5) is 24.9. The molecule has 1 amide bonds. The minimum atomic E-state index is -0.860. The van der Waals surface area contributed by atoms with E-state index < -0.39 is 5.54 Å². The molecule has 0 saturated carbocycles. The van der Waals surface area contributed by atoms with Gasteiger partial charge in [0, 0.05) is 12.2 Å². The summed E-state index contributed by atoms with van der Waals surface area (Å²) in [5.74, 6) is -0.00585. The van der Waals surface area contributed by atoms with Gasteiger partial charge in [-0.1, -0.05) is 67.3 Å². The first-order chi connectivity index (χ1) is 15.2. The maximum absolute atomic E-state index is 12.5. The first-order valence-corrected chi connectivity index (χ1v) is 10.9. The van der Waals surface area contributed by atoms with Crippen LogP contribution in [-0.4, -0.2) is 18.2 Å². The van der Waals surface area contributed by atoms with Crippen molar-refractivity contribution in [1.29, 1.82) is 0 Å². The highest BCUT2D eigenvalue weighted by Crippen LogP contribution is 2.29. The summed E-state index contributed by atoms with van der Waals surface area (Å²) in [7, 11) is 0. The number of carbonyl (C=O) groups excluding carboxylic acids is 2. The third-order valence-corrected chi connectivity index (χ3v) is 5.59. The molecule has 0 fully saturated rings. The molecule has 0 aliphatic heterocycles. The van der Waals surface area contributed by atoms with Crippen molar-refractivity contribution in [3.8, 4) is 0 Å². The lowest BCUT2D eigenvalue weighted by atomic mass is 9.85. The molecule has 0 radical (unpaired) electrons. The van der Waals surface area contributed by atoms with Crippen LogP contribution in [0.15, 0.2) is 84.6 Å². The molecule has 2 aromatic carbocycles. The zero-order chi connectivity index (χ0) is 23.7. The lowest BCUT2D eigenvalue weighted by molar-refractivity contribution is -0.123. The predicted octanol–water partition coefficient (Wildman–Crippen LogP) is 5.32. The SMILES string of the molecule is C=C(C)NC(C)(C(C)=O)c1cccc(C(=C/C)/C(=C\C)CNC(=O)Cc2ccccc2)c1. The monoisotopic (exact) mass is 430 g/mol. The Balaban J connectivity index is 2.23. The molecule has 2 rings (SSSR count). The first kappa shape index (κ1) is 24.9. The molecule has 0 aliphatic carbocycles. The van der Waals surface area contributed by atoms with E-state index in [1.165, 1.54) is 0 Å². The maximum Gasteiger partial charge on any atom is 0.224 e. The zero-order valence-corrected chi connectivity index (χ0v) is 19.8. The standard InChI is InChI=1S/C28H34N2O2/c1-7-23(19-29-27(32)17-22-13-10-9-11-14-22)26(8-2)24-15-12-16-25(18-24)28(6,21(5)31)30-20(3)4/h7-16,18,30H,3,17,19H2,1-2,4-6H3,(H,29,32)/b23-7-,26-8+. The summed E-state index contributed by atoms with van der Waals surface area (Å²) >= 11 is 0. The van der Waals surface area contributed by atoms with Crippen LogP contribution in [0.1, 0.15) is 51.3 Å². The number of ketones is 1. The maximum atomic E-state index is 12.5. The van der Waals surface area contributed by atoms with E-state index in [1.54, 1.807) is 6.92 Å². The predicted molar refractivity (Wildman–Crippen MR) is 133 cm³/mol. The summed E-state index contributed by atoms with van der Waals surface area (Å²) in [5.41, 5.74) is 4.76. The summed E-state index contributed by atoms with van der Waals surface area (Å²) in [6.45, 7) is 13.6. The van der Waals surface area contributed by atoms with Gasteiger partial charge in [-0.05, 0) is 68.5 Å². The van der Waals surface area contributed by atoms with Crippen LogP contribution in [0.3, 0.4) is 0 Å². The van der Waals surface area contributed by atoms with Gasteiger partial charge in [0.1, 0.15) is 5.54 Å². The number of rotatable bonds is 10. The molecule has 0 heterocycles. The van der Waals surface area contributed by atoms with Gasteiger partial charge in [-0.2, -0.15) is 0 Å². The molecular weight excluding hydrogens is 396 g/mol. The number of carbonyl (C=O) groups is 2. The Morgan fingerprint density at radius 1 is 1.00 bits per heavy atom. The smallest absolute Gasteiger partial charge is 0.224 e. The molecule has 1 atom stereocenters. The van der Waals surface area contributed by atoms with Crippen LogP contribution in [0.25, 0.3) is 5.57 Å². The number of nitrogens with one attached hydrogen (secondary N) is 2. The minimum absolute atomic E-state index is 0.0131. The van der Waals surface area contributed by atoms with E-state index >= 15 is 0 Å². The molecule has 2 N–H and O–H groups in total. The van der Waals surface area contributed by atoms with Gasteiger partial charge >= 0.3 is 0 Å². The number of allylic oxidation sites excluding steroid dienone is 3. The fraction of sp³-hybridized carbons (Fsp3) is 0.286. The molecule has 1 unspecified atom stereocenters. The van der Waals surface area contributed by atoms with Gasteiger partial charge in [-0.25, -0.2) is 0 Å². The van der Waals surface area contributed by atoms with Gasteiger partial charge in [0.05, 0.1) is 6.42 Å². The third-order valence-electron chi connectivity index (χ3n) is 5.59. The van der Waals surface area contributed by atoms with Crippen LogP contribution in [0.2, 0.25) is 0 Å². The van der Waals surface area contributed by atoms with Gasteiger partial charge in [-0.3, -0.25) is 9.59 Å². The van der Waals surface area contributed by atoms with Gasteiger partial charge < -0.3 is 10.6 Å². The van der Waals surface area contributed by atoms with Crippen LogP contribution in [0.4, 0.5) is 0 Å². The lowest BCUT2D eigenvalue weighted by Crippen LogP contribution is -2.44. The van der Waals surface area contributed by atoms with Crippen LogP contribution >= 0.6 is 0 Å². The largest absolute Gasteiger partial charge is 0.373 e. The Bertz CT molecular complexity index is 1030. The highest BCUT2D eigenvalue weighted by molar-refractivity contribution is 5.88. The van der Waals surface area contributed by atoms with Gasteiger partial charge in [-0.15, -0.1) is 0 Å². The number of hydrogen-bond donors (Lipinski definition) is 2. The van der Waals surface area contributed by atoms with E-state index in [2.05, 4.69) is 17.2 Å². The van der Waals surface area contributed by atoms with Crippen molar-refractivity contribution in [2.24, 2.45) is 0 Å². The van der Waals surface area contributed by atoms with Crippen molar-refractivity contribution < 1.29 is 9.59 Å². The van der Waals surface area contributed by atoms with Crippen molar-refractivity contribution in [2.75, 3.05) is 6.54 Å². The van der Waals surface area contributed by atoms with Gasteiger partial charge in [0.25, 0.3) is 0 Å². The Kier molecular flexibility index (Phi) is 8.77. The van der Waals surface area contributed by atoms with Crippen LogP contribution in [-0.2, 0) is 21.5 Å². The number of benzene rings is 2. The second kappa shape index (κ2) is 11.3. The fourth-order valence-corrected chi connectivity index (χ4v) is 3.72. The van der Waals surface area contributed by atoms with E-state index in [-0.39, 0.29) is 11.7 Å². The second-order valence-electron chi connectivity index (χ2n) is 8.12. The highest BCUT2D eigenvalue weighted by Gasteiger charge is 2.32. The summed E-state index contributed by atoms with van der Waals surface area (Å²) in [6.07, 6.45) is 4.40. The molecule has 32 heavy (non-hydrogen) atoms. The number of Topliss-reactive ketones (excluding diaryl/α,β-unsaturated/α-hetero) is 1. The molecule has 0 aromatic heterocycles. The summed E-state index contributed by atoms with van der Waals surface area (Å²) in [5, 5.41) is 6.26. The van der Waals surface area contributed by atoms with E-state index in [4.69, 9.17) is 0 Å². The molecule has 0 bridgehead atoms. The lowest BCUT2D eigenvalue weighted by Gasteiger charge is -2.30. The molecule has 4 heteroatoms. The topological polar surface area (TPSA) is 58.2 Å². The minimum Gasteiger partial charge on any atom is -0.373 e. The van der Waals surface area contributed by atoms with Gasteiger partial charge in [0.2, 0.25) is 5.91 Å². The fourth-order valence-electron chi connectivity index (χ4n) is 3.72. The van der Waals surface area contributed by atoms with Crippen molar-refractivity contribution in [3.63, 3.8) is 0 Å². The van der Waals surface area contributed by atoms with Crippen molar-refractivity contribution in [1.82, 2.24) is 10.6 Å². The van der Waals surface area contributed by atoms with Crippen LogP contribution < -0.4 is 10.6 Å². The van der Waals surface area contributed by atoms with Crippen molar-refractivity contribution in [3.05, 3.63) is 101 Å². The van der Waals surface area contributed by atoms with Gasteiger partial charge in [0.15, 0.2) is 5.78 Å². The average molecular weight is 431 g/mol. The van der Waals surface area contributed by atoms with E-state index in [1.807, 2.05) is 94.4 Å². The molecule has 0 spiro atoms. The first-order valence-electron chi connectivity index (χ1n) is 10.9. The Hall–Kier alpha value is -3.40. The Morgan fingerprint density at radius 2 is 1.69 bits per heavy atom. The van der Waals surface area contributed by atoms with E-state index in [0.717, 1.165) is 33.5 Å². The molecule has 168 valence electrons. The molecule has 0 aliphatic rings. The average Bonchev–Trinajstić information content (AvgIpc) is 2.76. The normalized spacial score (nSPS) is 13.8. The van der Waals surface area contributed by atoms with E-state index in [0.29, 0.717) is 13.0 Å². The third kappa shape index (κ3) is 6.30. The molecule has 4 nitrogen and oxygen atoms in total.